The van der Waals surface area contributed by atoms with Crippen LogP contribution in [-0.2, 0) is 10.0 Å². The number of carbonyl (C=O) groups excluding carboxylic acids is 1. The fourth-order valence-corrected chi connectivity index (χ4v) is 3.59. The summed E-state index contributed by atoms with van der Waals surface area (Å²) >= 11 is 5.96. The molecule has 3 aromatic rings. The van der Waals surface area contributed by atoms with E-state index in [1.165, 1.54) is 42.7 Å². The molecule has 1 amide bonds. The lowest BCUT2D eigenvalue weighted by Crippen LogP contribution is -2.18. The van der Waals surface area contributed by atoms with Crippen molar-refractivity contribution < 1.29 is 17.6 Å². The summed E-state index contributed by atoms with van der Waals surface area (Å²) in [6.07, 6.45) is 2.88. The third-order valence-electron chi connectivity index (χ3n) is 3.52. The van der Waals surface area contributed by atoms with Crippen LogP contribution in [0.15, 0.2) is 71.9 Å². The number of nitrogens with one attached hydrogen (secondary N) is 2. The molecule has 9 heteroatoms. The van der Waals surface area contributed by atoms with E-state index in [-0.39, 0.29) is 22.0 Å². The molecule has 0 aliphatic carbocycles. The van der Waals surface area contributed by atoms with Gasteiger partial charge >= 0.3 is 0 Å². The molecule has 0 spiro atoms. The molecule has 0 radical (unpaired) electrons. The molecule has 0 fully saturated rings. The molecule has 0 saturated heterocycles. The van der Waals surface area contributed by atoms with Crippen LogP contribution >= 0.6 is 11.6 Å². The summed E-state index contributed by atoms with van der Waals surface area (Å²) in [5.41, 5.74) is 0.441. The second-order valence-electron chi connectivity index (χ2n) is 5.42. The minimum Gasteiger partial charge on any atom is -0.320 e. The van der Waals surface area contributed by atoms with Crippen molar-refractivity contribution in [1.82, 2.24) is 4.98 Å². The summed E-state index contributed by atoms with van der Waals surface area (Å²) in [4.78, 5) is 15.7. The number of nitrogens with zero attached hydrogens (tertiary/aromatic N) is 1. The lowest BCUT2D eigenvalue weighted by atomic mass is 10.2. The number of sulfonamides is 1. The van der Waals surface area contributed by atoms with Crippen LogP contribution in [0.25, 0.3) is 0 Å². The Bertz CT molecular complexity index is 1090. The number of pyridine rings is 1. The average molecular weight is 406 g/mol. The van der Waals surface area contributed by atoms with Gasteiger partial charge in [-0.05, 0) is 42.5 Å². The summed E-state index contributed by atoms with van der Waals surface area (Å²) in [6.45, 7) is 0. The van der Waals surface area contributed by atoms with Crippen molar-refractivity contribution in [3.8, 4) is 0 Å². The molecule has 0 aliphatic heterocycles. The molecule has 0 bridgehead atoms. The van der Waals surface area contributed by atoms with Crippen LogP contribution in [0.3, 0.4) is 0 Å². The number of benzene rings is 2. The second-order valence-corrected chi connectivity index (χ2v) is 7.51. The molecule has 1 heterocycles. The summed E-state index contributed by atoms with van der Waals surface area (Å²) in [5, 5.41) is 2.85. The van der Waals surface area contributed by atoms with E-state index in [2.05, 4.69) is 15.0 Å². The molecule has 0 aliphatic rings. The summed E-state index contributed by atoms with van der Waals surface area (Å²) in [5.74, 6) is -1.39. The van der Waals surface area contributed by atoms with Crippen molar-refractivity contribution in [2.24, 2.45) is 0 Å². The molecule has 6 nitrogen and oxygen atoms in total. The van der Waals surface area contributed by atoms with Gasteiger partial charge in [-0.15, -0.1) is 0 Å². The topological polar surface area (TPSA) is 88.2 Å². The van der Waals surface area contributed by atoms with Crippen LogP contribution in [0.5, 0.6) is 0 Å². The molecular formula is C18H13ClFN3O3S. The number of hydrogen-bond donors (Lipinski definition) is 2. The van der Waals surface area contributed by atoms with E-state index in [1.54, 1.807) is 12.1 Å². The number of rotatable bonds is 5. The monoisotopic (exact) mass is 405 g/mol. The van der Waals surface area contributed by atoms with E-state index in [1.807, 2.05) is 0 Å². The molecule has 0 unspecified atom stereocenters. The number of aromatic nitrogens is 1. The minimum atomic E-state index is -4.21. The Hall–Kier alpha value is -2.97. The van der Waals surface area contributed by atoms with Gasteiger partial charge in [-0.2, -0.15) is 0 Å². The first-order chi connectivity index (χ1) is 12.9. The Labute approximate surface area is 160 Å². The van der Waals surface area contributed by atoms with Crippen LogP contribution in [0.2, 0.25) is 5.02 Å². The van der Waals surface area contributed by atoms with Crippen LogP contribution in [0.4, 0.5) is 15.8 Å². The summed E-state index contributed by atoms with van der Waals surface area (Å²) < 4.78 is 41.2. The van der Waals surface area contributed by atoms with Crippen LogP contribution in [0.1, 0.15) is 10.4 Å². The molecule has 3 rings (SSSR count). The fraction of sp³-hybridized carbons (Fsp3) is 0. The van der Waals surface area contributed by atoms with Crippen molar-refractivity contribution in [1.29, 1.82) is 0 Å². The van der Waals surface area contributed by atoms with E-state index in [0.717, 1.165) is 12.1 Å². The molecule has 2 aromatic carbocycles. The van der Waals surface area contributed by atoms with E-state index in [0.29, 0.717) is 0 Å². The van der Waals surface area contributed by atoms with Crippen molar-refractivity contribution in [2.75, 3.05) is 10.0 Å². The van der Waals surface area contributed by atoms with Crippen LogP contribution < -0.4 is 10.0 Å². The van der Waals surface area contributed by atoms with Gasteiger partial charge < -0.3 is 5.32 Å². The lowest BCUT2D eigenvalue weighted by Gasteiger charge is -2.14. The standard InChI is InChI=1S/C18H13ClFN3O3S/c19-13-7-8-15(23-27(25,26)17-6-2-1-5-14(17)20)16(10-13)22-18(24)12-4-3-9-21-11-12/h1-11,23H,(H,22,24). The Morgan fingerprint density at radius 3 is 2.52 bits per heavy atom. The highest BCUT2D eigenvalue weighted by Gasteiger charge is 2.20. The third kappa shape index (κ3) is 4.42. The van der Waals surface area contributed by atoms with Crippen molar-refractivity contribution in [3.63, 3.8) is 0 Å². The Morgan fingerprint density at radius 1 is 1.04 bits per heavy atom. The van der Waals surface area contributed by atoms with Gasteiger partial charge in [-0.1, -0.05) is 23.7 Å². The van der Waals surface area contributed by atoms with Crippen LogP contribution in [-0.4, -0.2) is 19.3 Å². The van der Waals surface area contributed by atoms with Gasteiger partial charge in [-0.25, -0.2) is 12.8 Å². The van der Waals surface area contributed by atoms with Gasteiger partial charge in [0.1, 0.15) is 10.7 Å². The zero-order valence-corrected chi connectivity index (χ0v) is 15.3. The lowest BCUT2D eigenvalue weighted by molar-refractivity contribution is 0.102. The minimum absolute atomic E-state index is 0.0416. The van der Waals surface area contributed by atoms with Gasteiger partial charge in [0.05, 0.1) is 16.9 Å². The molecule has 138 valence electrons. The molecule has 27 heavy (non-hydrogen) atoms. The SMILES string of the molecule is O=C(Nc1cc(Cl)ccc1NS(=O)(=O)c1ccccc1F)c1cccnc1. The summed E-state index contributed by atoms with van der Waals surface area (Å²) in [7, 11) is -4.21. The first-order valence-corrected chi connectivity index (χ1v) is 9.51. The molecule has 1 aromatic heterocycles. The molecular weight excluding hydrogens is 393 g/mol. The summed E-state index contributed by atoms with van der Waals surface area (Å²) in [6, 6.07) is 12.3. The zero-order chi connectivity index (χ0) is 19.4. The van der Waals surface area contributed by atoms with Gasteiger partial charge in [0.2, 0.25) is 0 Å². The van der Waals surface area contributed by atoms with Crippen molar-refractivity contribution in [2.45, 2.75) is 4.90 Å². The maximum atomic E-state index is 13.9. The second kappa shape index (κ2) is 7.73. The number of carbonyl (C=O) groups is 1. The van der Waals surface area contributed by atoms with E-state index < -0.39 is 26.6 Å². The highest BCUT2D eigenvalue weighted by molar-refractivity contribution is 7.92. The largest absolute Gasteiger partial charge is 0.320 e. The molecule has 0 atom stereocenters. The van der Waals surface area contributed by atoms with Gasteiger partial charge in [0.25, 0.3) is 15.9 Å². The third-order valence-corrected chi connectivity index (χ3v) is 5.16. The molecule has 2 N–H and O–H groups in total. The zero-order valence-electron chi connectivity index (χ0n) is 13.7. The predicted octanol–water partition coefficient (Wildman–Crippen LogP) is 3.93. The average Bonchev–Trinajstić information content (AvgIpc) is 2.65. The van der Waals surface area contributed by atoms with Crippen molar-refractivity contribution in [3.05, 3.63) is 83.4 Å². The van der Waals surface area contributed by atoms with E-state index >= 15 is 0 Å². The van der Waals surface area contributed by atoms with Crippen molar-refractivity contribution >= 4 is 38.9 Å². The van der Waals surface area contributed by atoms with E-state index in [4.69, 9.17) is 11.6 Å². The predicted molar refractivity (Wildman–Crippen MR) is 101 cm³/mol. The Kier molecular flexibility index (Phi) is 5.38. The van der Waals surface area contributed by atoms with Gasteiger partial charge in [0.15, 0.2) is 0 Å². The number of anilines is 2. The highest BCUT2D eigenvalue weighted by Crippen LogP contribution is 2.29. The quantitative estimate of drug-likeness (QED) is 0.673. The Morgan fingerprint density at radius 2 is 1.81 bits per heavy atom. The number of amides is 1. The van der Waals surface area contributed by atoms with E-state index in [9.17, 15) is 17.6 Å². The van der Waals surface area contributed by atoms with Gasteiger partial charge in [-0.3, -0.25) is 14.5 Å². The normalized spacial score (nSPS) is 11.0. The Balaban J connectivity index is 1.93. The fourth-order valence-electron chi connectivity index (χ4n) is 2.26. The first kappa shape index (κ1) is 18.8. The number of halogens is 2. The van der Waals surface area contributed by atoms with Gasteiger partial charge in [0, 0.05) is 17.4 Å². The number of hydrogen-bond acceptors (Lipinski definition) is 4. The smallest absolute Gasteiger partial charge is 0.264 e. The maximum absolute atomic E-state index is 13.9. The van der Waals surface area contributed by atoms with Crippen LogP contribution in [0, 0.1) is 5.82 Å². The molecule has 0 saturated carbocycles. The highest BCUT2D eigenvalue weighted by atomic mass is 35.5. The first-order valence-electron chi connectivity index (χ1n) is 7.65. The maximum Gasteiger partial charge on any atom is 0.264 e.